The van der Waals surface area contributed by atoms with Crippen molar-refractivity contribution in [2.24, 2.45) is 5.41 Å². The van der Waals surface area contributed by atoms with Crippen LogP contribution < -0.4 is 10.2 Å². The Morgan fingerprint density at radius 2 is 1.92 bits per heavy atom. The van der Waals surface area contributed by atoms with Crippen molar-refractivity contribution in [1.82, 2.24) is 30.3 Å². The number of hydrogen-bond acceptors (Lipinski definition) is 7. The van der Waals surface area contributed by atoms with E-state index in [-0.39, 0.29) is 25.4 Å². The molecule has 2 saturated carbocycles. The van der Waals surface area contributed by atoms with E-state index in [1.54, 1.807) is 0 Å². The lowest BCUT2D eigenvalue weighted by Gasteiger charge is -2.41. The lowest BCUT2D eigenvalue weighted by Crippen LogP contribution is -2.53. The van der Waals surface area contributed by atoms with Crippen LogP contribution in [0.15, 0.2) is 43.0 Å². The third-order valence-electron chi connectivity index (χ3n) is 8.91. The highest BCUT2D eigenvalue weighted by molar-refractivity contribution is 5.58. The van der Waals surface area contributed by atoms with Crippen molar-refractivity contribution in [3.05, 3.63) is 54.2 Å². The smallest absolute Gasteiger partial charge is 0.375 e. The maximum atomic E-state index is 13.3. The third-order valence-corrected chi connectivity index (χ3v) is 8.91. The summed E-state index contributed by atoms with van der Waals surface area (Å²) in [6, 6.07) is 6.24. The summed E-state index contributed by atoms with van der Waals surface area (Å²) >= 11 is 0. The van der Waals surface area contributed by atoms with E-state index in [1.807, 2.05) is 41.6 Å². The Morgan fingerprint density at radius 1 is 1.08 bits per heavy atom. The number of aromatic nitrogens is 5. The van der Waals surface area contributed by atoms with E-state index >= 15 is 0 Å². The van der Waals surface area contributed by atoms with E-state index in [0.29, 0.717) is 25.7 Å². The molecule has 1 atom stereocenters. The van der Waals surface area contributed by atoms with Crippen molar-refractivity contribution in [1.29, 1.82) is 0 Å². The van der Waals surface area contributed by atoms with Gasteiger partial charge in [-0.1, -0.05) is 5.21 Å². The number of nitrogens with one attached hydrogen (secondary N) is 1. The van der Waals surface area contributed by atoms with E-state index in [9.17, 15) is 13.2 Å². The van der Waals surface area contributed by atoms with Gasteiger partial charge in [-0.05, 0) is 68.2 Å². The first kappa shape index (κ1) is 25.0. The van der Waals surface area contributed by atoms with E-state index in [1.165, 1.54) is 18.4 Å². The summed E-state index contributed by atoms with van der Waals surface area (Å²) in [7, 11) is 0. The maximum Gasteiger partial charge on any atom is 0.395 e. The van der Waals surface area contributed by atoms with Crippen LogP contribution in [0, 0.1) is 5.41 Å². The molecule has 2 aliphatic carbocycles. The molecule has 3 aromatic heterocycles. The molecule has 3 aromatic rings. The first-order chi connectivity index (χ1) is 18.9. The monoisotopic (exact) mass is 539 g/mol. The fourth-order valence-electron chi connectivity index (χ4n) is 5.81. The van der Waals surface area contributed by atoms with Crippen LogP contribution in [0.3, 0.4) is 0 Å². The Bertz CT molecular complexity index is 1330. The molecule has 2 aliphatic heterocycles. The van der Waals surface area contributed by atoms with Crippen molar-refractivity contribution in [2.45, 2.75) is 62.2 Å². The van der Waals surface area contributed by atoms with Gasteiger partial charge in [-0.25, -0.2) is 4.68 Å². The zero-order chi connectivity index (χ0) is 26.7. The van der Waals surface area contributed by atoms with Gasteiger partial charge in [0.25, 0.3) is 0 Å². The first-order valence-electron chi connectivity index (χ1n) is 13.8. The molecule has 0 spiro atoms. The Kier molecular flexibility index (Phi) is 5.93. The molecule has 4 fully saturated rings. The summed E-state index contributed by atoms with van der Waals surface area (Å²) in [5.74, 6) is 0.613. The normalized spacial score (nSPS) is 23.9. The van der Waals surface area contributed by atoms with Crippen LogP contribution in [-0.4, -0.2) is 70.0 Å². The van der Waals surface area contributed by atoms with Gasteiger partial charge in [-0.15, -0.1) is 5.10 Å². The zero-order valence-electron chi connectivity index (χ0n) is 21.7. The zero-order valence-corrected chi connectivity index (χ0v) is 21.7. The van der Waals surface area contributed by atoms with Crippen LogP contribution >= 0.6 is 0 Å². The molecule has 0 aromatic carbocycles. The van der Waals surface area contributed by atoms with Gasteiger partial charge in [-0.2, -0.15) is 13.2 Å². The van der Waals surface area contributed by atoms with E-state index in [0.717, 1.165) is 42.0 Å². The Labute approximate surface area is 225 Å². The molecule has 7 rings (SSSR count). The highest BCUT2D eigenvalue weighted by Gasteiger charge is 2.62. The van der Waals surface area contributed by atoms with Gasteiger partial charge in [0.2, 0.25) is 0 Å². The number of ether oxygens (including phenoxy) is 1. The van der Waals surface area contributed by atoms with Crippen molar-refractivity contribution >= 4 is 5.69 Å². The SMILES string of the molecule is FC(F)(F)C1(CN[C@@H]2CCCN(c3ccc(C4(n5cc(-c6cncc(C7CC7)c6)nn5)COC4)nc3)C2)CC1. The summed E-state index contributed by atoms with van der Waals surface area (Å²) in [4.78, 5) is 11.4. The largest absolute Gasteiger partial charge is 0.395 e. The number of alkyl halides is 3. The minimum absolute atomic E-state index is 0.00947. The minimum atomic E-state index is -4.13. The van der Waals surface area contributed by atoms with Gasteiger partial charge in [0.1, 0.15) is 5.69 Å². The summed E-state index contributed by atoms with van der Waals surface area (Å²) in [5, 5.41) is 12.1. The predicted octanol–water partition coefficient (Wildman–Crippen LogP) is 4.29. The maximum absolute atomic E-state index is 13.3. The van der Waals surface area contributed by atoms with Crippen molar-refractivity contribution < 1.29 is 17.9 Å². The lowest BCUT2D eigenvalue weighted by molar-refractivity contribution is -0.185. The van der Waals surface area contributed by atoms with Crippen molar-refractivity contribution in [3.8, 4) is 11.3 Å². The molecule has 0 radical (unpaired) electrons. The van der Waals surface area contributed by atoms with Crippen molar-refractivity contribution in [3.63, 3.8) is 0 Å². The number of anilines is 1. The minimum Gasteiger partial charge on any atom is -0.375 e. The number of piperidine rings is 1. The van der Waals surface area contributed by atoms with Gasteiger partial charge >= 0.3 is 6.18 Å². The van der Waals surface area contributed by atoms with Gasteiger partial charge in [0, 0.05) is 43.6 Å². The highest BCUT2D eigenvalue weighted by Crippen LogP contribution is 2.57. The molecule has 206 valence electrons. The summed E-state index contributed by atoms with van der Waals surface area (Å²) in [6.07, 6.45) is 8.13. The molecule has 4 aliphatic rings. The second kappa shape index (κ2) is 9.26. The van der Waals surface area contributed by atoms with Gasteiger partial charge in [0.15, 0.2) is 5.54 Å². The molecule has 5 heterocycles. The lowest BCUT2D eigenvalue weighted by atomic mass is 9.92. The van der Waals surface area contributed by atoms with Gasteiger partial charge < -0.3 is 15.0 Å². The Morgan fingerprint density at radius 3 is 2.59 bits per heavy atom. The second-order valence-corrected chi connectivity index (χ2v) is 11.7. The first-order valence-corrected chi connectivity index (χ1v) is 13.8. The molecule has 1 N–H and O–H groups in total. The average Bonchev–Trinajstić information content (AvgIpc) is 3.85. The van der Waals surface area contributed by atoms with Crippen LogP contribution in [-0.2, 0) is 10.3 Å². The third kappa shape index (κ3) is 4.59. The number of nitrogens with zero attached hydrogens (tertiary/aromatic N) is 6. The van der Waals surface area contributed by atoms with Crippen LogP contribution in [0.1, 0.15) is 55.7 Å². The molecular formula is C28H32F3N7O. The fourth-order valence-corrected chi connectivity index (χ4v) is 5.81. The molecule has 39 heavy (non-hydrogen) atoms. The van der Waals surface area contributed by atoms with Crippen LogP contribution in [0.4, 0.5) is 18.9 Å². The van der Waals surface area contributed by atoms with E-state index in [4.69, 9.17) is 9.72 Å². The topological polar surface area (TPSA) is 81.0 Å². The highest BCUT2D eigenvalue weighted by atomic mass is 19.4. The quantitative estimate of drug-likeness (QED) is 0.458. The number of pyridine rings is 2. The Hall–Kier alpha value is -3.05. The van der Waals surface area contributed by atoms with Gasteiger partial charge in [0.05, 0.1) is 42.4 Å². The van der Waals surface area contributed by atoms with Gasteiger partial charge in [-0.3, -0.25) is 9.97 Å². The van der Waals surface area contributed by atoms with E-state index < -0.39 is 17.1 Å². The molecular weight excluding hydrogens is 507 g/mol. The summed E-state index contributed by atoms with van der Waals surface area (Å²) in [5.41, 5.74) is 2.77. The fraction of sp³-hybridized carbons (Fsp3) is 0.571. The van der Waals surface area contributed by atoms with Crippen LogP contribution in [0.2, 0.25) is 0 Å². The predicted molar refractivity (Wildman–Crippen MR) is 138 cm³/mol. The van der Waals surface area contributed by atoms with Crippen LogP contribution in [0.25, 0.3) is 11.3 Å². The average molecular weight is 540 g/mol. The molecule has 11 heteroatoms. The van der Waals surface area contributed by atoms with Crippen molar-refractivity contribution in [2.75, 3.05) is 37.7 Å². The molecule has 0 unspecified atom stereocenters. The second-order valence-electron chi connectivity index (χ2n) is 11.7. The summed E-state index contributed by atoms with van der Waals surface area (Å²) in [6.45, 7) is 2.45. The Balaban J connectivity index is 1.04. The number of halogens is 3. The molecule has 0 amide bonds. The number of hydrogen-bond donors (Lipinski definition) is 1. The molecule has 8 nitrogen and oxygen atoms in total. The molecule has 0 bridgehead atoms. The standard InChI is InChI=1S/C28H32F3N7O/c29-28(30,31)26(7-8-26)16-34-22-2-1-9-37(14-22)23-5-6-25(33-13-23)27(17-39-18-27)38-15-24(35-36-38)21-10-20(11-32-12-21)19-3-4-19/h5-6,10-13,15,19,22,34H,1-4,7-9,14,16-18H2/t22-/m1/s1. The van der Waals surface area contributed by atoms with E-state index in [2.05, 4.69) is 31.6 Å². The summed E-state index contributed by atoms with van der Waals surface area (Å²) < 4.78 is 47.5. The number of rotatable bonds is 8. The molecule has 2 saturated heterocycles. The van der Waals surface area contributed by atoms with Crippen LogP contribution in [0.5, 0.6) is 0 Å².